The van der Waals surface area contributed by atoms with Gasteiger partial charge in [-0.25, -0.2) is 0 Å². The molecule has 3 heterocycles. The van der Waals surface area contributed by atoms with Gasteiger partial charge >= 0.3 is 73.4 Å². The molecule has 0 amide bonds. The van der Waals surface area contributed by atoms with Crippen LogP contribution in [0.5, 0.6) is 0 Å². The summed E-state index contributed by atoms with van der Waals surface area (Å²) in [5, 5.41) is 0. The molecule has 1 aliphatic rings. The predicted octanol–water partition coefficient (Wildman–Crippen LogP) is 11.4. The number of aromatic nitrogens is 2. The van der Waals surface area contributed by atoms with Crippen LogP contribution in [-0.2, 0) is 13.5 Å². The number of halogens is 4. The van der Waals surface area contributed by atoms with E-state index in [-0.39, 0.29) is 0 Å². The van der Waals surface area contributed by atoms with Crippen LogP contribution in [0, 0.1) is 48.2 Å². The Morgan fingerprint density at radius 3 is 1.34 bits per heavy atom. The second kappa shape index (κ2) is 20.2. The Kier molecular flexibility index (Phi) is 16.8. The van der Waals surface area contributed by atoms with Crippen molar-refractivity contribution >= 4 is 67.2 Å². The maximum absolute atomic E-state index is 5.67. The van der Waals surface area contributed by atoms with Gasteiger partial charge in [-0.3, -0.25) is 9.97 Å². The molecule has 5 aromatic rings. The third kappa shape index (κ3) is 13.6. The Morgan fingerprint density at radius 1 is 0.638 bits per heavy atom. The van der Waals surface area contributed by atoms with Crippen molar-refractivity contribution in [2.75, 3.05) is 22.9 Å². The first kappa shape index (κ1) is 39.0. The van der Waals surface area contributed by atoms with Crippen LogP contribution in [0.15, 0.2) is 113 Å². The normalized spacial score (nSPS) is 12.1. The van der Waals surface area contributed by atoms with Gasteiger partial charge in [-0.05, 0) is 120 Å². The number of benzene rings is 3. The molecule has 1 fully saturated rings. The molecule has 0 aliphatic carbocycles. The third-order valence-corrected chi connectivity index (χ3v) is 9.76. The van der Waals surface area contributed by atoms with E-state index in [2.05, 4.69) is 124 Å². The van der Waals surface area contributed by atoms with Crippen molar-refractivity contribution < 1.29 is 13.5 Å². The average molecular weight is 886 g/mol. The summed E-state index contributed by atoms with van der Waals surface area (Å²) in [6.45, 7) is 17.6. The fraction of sp³-hybridized carbons (Fsp3) is 0.211. The Bertz CT molecular complexity index is 1570. The summed E-state index contributed by atoms with van der Waals surface area (Å²) in [4.78, 5) is 12.5. The van der Waals surface area contributed by atoms with E-state index in [0.29, 0.717) is 0 Å². The first-order chi connectivity index (χ1) is 22.4. The SMILES string of the molecule is Brc1cccnc1.Brc1cccnc1.Cc1cc(C)c(N2[CH-]N(c3c(C)cc(C)cc3C)CC2)c(C)c1.[Cl][Ru]([Cl])=[CH]c1ccccc1. The predicted molar refractivity (Wildman–Crippen MR) is 207 cm³/mol. The number of rotatable bonds is 3. The molecule has 6 rings (SSSR count). The number of pyridine rings is 2. The summed E-state index contributed by atoms with van der Waals surface area (Å²) in [5.74, 6) is 0. The Labute approximate surface area is 310 Å². The Hall–Kier alpha value is -2.41. The van der Waals surface area contributed by atoms with E-state index >= 15 is 0 Å². The van der Waals surface area contributed by atoms with Crippen LogP contribution in [-0.4, -0.2) is 27.7 Å². The third-order valence-electron chi connectivity index (χ3n) is 6.95. The van der Waals surface area contributed by atoms with Crippen LogP contribution in [0.25, 0.3) is 0 Å². The molecular weight excluding hydrogens is 844 g/mol. The van der Waals surface area contributed by atoms with Gasteiger partial charge in [0.2, 0.25) is 0 Å². The van der Waals surface area contributed by atoms with E-state index in [1.165, 1.54) is 44.8 Å². The quantitative estimate of drug-likeness (QED) is 0.133. The van der Waals surface area contributed by atoms with Crippen LogP contribution in [0.1, 0.15) is 38.9 Å². The minimum absolute atomic E-state index is 1.02. The van der Waals surface area contributed by atoms with Gasteiger partial charge < -0.3 is 9.80 Å². The van der Waals surface area contributed by atoms with Crippen molar-refractivity contribution in [1.82, 2.24) is 9.97 Å². The zero-order valence-corrected chi connectivity index (χ0v) is 34.0. The molecule has 0 atom stereocenters. The summed E-state index contributed by atoms with van der Waals surface area (Å²) in [7, 11) is 11.3. The van der Waals surface area contributed by atoms with Gasteiger partial charge in [0.05, 0.1) is 0 Å². The molecule has 47 heavy (non-hydrogen) atoms. The number of aryl methyl sites for hydroxylation is 6. The van der Waals surface area contributed by atoms with E-state index in [0.717, 1.165) is 27.6 Å². The molecule has 1 aliphatic heterocycles. The second-order valence-electron chi connectivity index (χ2n) is 11.1. The molecule has 0 bridgehead atoms. The van der Waals surface area contributed by atoms with Gasteiger partial charge in [-0.1, -0.05) is 35.4 Å². The van der Waals surface area contributed by atoms with E-state index in [9.17, 15) is 0 Å². The molecule has 0 unspecified atom stereocenters. The molecule has 4 nitrogen and oxygen atoms in total. The molecule has 0 N–H and O–H groups in total. The molecule has 250 valence electrons. The van der Waals surface area contributed by atoms with E-state index in [4.69, 9.17) is 19.4 Å². The van der Waals surface area contributed by atoms with Crippen molar-refractivity contribution in [1.29, 1.82) is 0 Å². The van der Waals surface area contributed by atoms with Crippen molar-refractivity contribution in [3.63, 3.8) is 0 Å². The first-order valence-corrected chi connectivity index (χ1v) is 22.0. The average Bonchev–Trinajstić information content (AvgIpc) is 3.47. The summed E-state index contributed by atoms with van der Waals surface area (Å²) in [6.07, 6.45) is 6.98. The molecular formula is C38H41Br2Cl2N4Ru-. The standard InChI is InChI=1S/C21H27N2.C7H6.2C5H4BrN.2ClH.Ru/c1-14-9-16(3)20(17(4)10-14)22-7-8-23(13-22)21-18(5)11-15(2)12-19(21)6;1-7-5-3-2-4-6-7;2*6-5-2-1-3-7-4-5;;;/h9-13H,7-8H2,1-6H3;1-6H;2*1-4H;2*1H;/q-1;;;;;;+2/p-2. The van der Waals surface area contributed by atoms with Crippen molar-refractivity contribution in [3.8, 4) is 0 Å². The first-order valence-electron chi connectivity index (χ1n) is 15.0. The summed E-state index contributed by atoms with van der Waals surface area (Å²) in [6, 6.07) is 26.6. The number of hydrogen-bond donors (Lipinski definition) is 0. The van der Waals surface area contributed by atoms with Gasteiger partial charge in [0, 0.05) is 58.2 Å². The van der Waals surface area contributed by atoms with E-state index in [1.807, 2.05) is 59.2 Å². The minimum atomic E-state index is -1.61. The number of nitrogens with zero attached hydrogens (tertiary/aromatic N) is 4. The fourth-order valence-corrected chi connectivity index (χ4v) is 7.75. The van der Waals surface area contributed by atoms with Gasteiger partial charge in [-0.15, -0.1) is 0 Å². The maximum atomic E-state index is 5.67. The van der Waals surface area contributed by atoms with Gasteiger partial charge in [0.1, 0.15) is 0 Å². The van der Waals surface area contributed by atoms with Gasteiger partial charge in [-0.2, -0.15) is 6.67 Å². The monoisotopic (exact) mass is 883 g/mol. The number of hydrogen-bond acceptors (Lipinski definition) is 4. The van der Waals surface area contributed by atoms with E-state index in [1.54, 1.807) is 24.8 Å². The summed E-state index contributed by atoms with van der Waals surface area (Å²) >= 11 is 4.88. The zero-order valence-electron chi connectivity index (χ0n) is 27.5. The molecule has 0 saturated carbocycles. The second-order valence-corrected chi connectivity index (χ2v) is 18.6. The molecule has 0 spiro atoms. The van der Waals surface area contributed by atoms with Crippen molar-refractivity contribution in [2.45, 2.75) is 41.5 Å². The van der Waals surface area contributed by atoms with Gasteiger partial charge in [0.15, 0.2) is 0 Å². The molecule has 2 aromatic heterocycles. The molecule has 0 radical (unpaired) electrons. The summed E-state index contributed by atoms with van der Waals surface area (Å²) < 4.78 is 3.97. The zero-order chi connectivity index (χ0) is 34.3. The van der Waals surface area contributed by atoms with Crippen LogP contribution in [0.4, 0.5) is 11.4 Å². The van der Waals surface area contributed by atoms with Crippen LogP contribution < -0.4 is 9.80 Å². The van der Waals surface area contributed by atoms with Crippen LogP contribution >= 0.6 is 51.2 Å². The Balaban J connectivity index is 0.000000204. The molecule has 1 saturated heterocycles. The fourth-order valence-electron chi connectivity index (χ4n) is 5.38. The van der Waals surface area contributed by atoms with Gasteiger partial charge in [0.25, 0.3) is 0 Å². The van der Waals surface area contributed by atoms with Crippen molar-refractivity contribution in [3.05, 3.63) is 158 Å². The van der Waals surface area contributed by atoms with Crippen molar-refractivity contribution in [2.24, 2.45) is 0 Å². The van der Waals surface area contributed by atoms with E-state index < -0.39 is 13.5 Å². The summed E-state index contributed by atoms with van der Waals surface area (Å²) in [5.41, 5.74) is 12.0. The molecule has 3 aromatic carbocycles. The Morgan fingerprint density at radius 2 is 1.04 bits per heavy atom. The van der Waals surface area contributed by atoms with Crippen LogP contribution in [0.2, 0.25) is 0 Å². The topological polar surface area (TPSA) is 32.3 Å². The van der Waals surface area contributed by atoms with Crippen LogP contribution in [0.3, 0.4) is 0 Å². The number of anilines is 2. The molecule has 9 heteroatoms.